The maximum Gasteiger partial charge on any atom is 0.126 e. The Hall–Kier alpha value is -1.04. The molecular formula is C13H20F2N2O. The van der Waals surface area contributed by atoms with Crippen LogP contribution in [-0.2, 0) is 11.2 Å². The predicted molar refractivity (Wildman–Crippen MR) is 66.9 cm³/mol. The Bertz CT molecular complexity index is 361. The van der Waals surface area contributed by atoms with Gasteiger partial charge in [0.2, 0.25) is 0 Å². The lowest BCUT2D eigenvalue weighted by Crippen LogP contribution is -2.37. The van der Waals surface area contributed by atoms with Gasteiger partial charge in [0.05, 0.1) is 0 Å². The van der Waals surface area contributed by atoms with Gasteiger partial charge in [-0.05, 0) is 49.9 Å². The Morgan fingerprint density at radius 1 is 1.39 bits per heavy atom. The van der Waals surface area contributed by atoms with Crippen LogP contribution in [0, 0.1) is 11.6 Å². The third-order valence-corrected chi connectivity index (χ3v) is 2.76. The average molecular weight is 258 g/mol. The summed E-state index contributed by atoms with van der Waals surface area (Å²) in [6.07, 6.45) is 1.96. The van der Waals surface area contributed by atoms with Crippen molar-refractivity contribution in [1.82, 2.24) is 5.43 Å². The van der Waals surface area contributed by atoms with Crippen molar-refractivity contribution >= 4 is 0 Å². The minimum atomic E-state index is -0.434. The highest BCUT2D eigenvalue weighted by molar-refractivity contribution is 5.19. The molecule has 0 saturated carbocycles. The maximum atomic E-state index is 13.4. The fraction of sp³-hybridized carbons (Fsp3) is 0.538. The lowest BCUT2D eigenvalue weighted by Gasteiger charge is -2.16. The Morgan fingerprint density at radius 2 is 2.17 bits per heavy atom. The fourth-order valence-electron chi connectivity index (χ4n) is 1.79. The number of nitrogens with one attached hydrogen (secondary N) is 1. The third-order valence-electron chi connectivity index (χ3n) is 2.76. The molecule has 0 spiro atoms. The molecule has 0 aliphatic carbocycles. The summed E-state index contributed by atoms with van der Waals surface area (Å²) >= 11 is 0. The third kappa shape index (κ3) is 5.08. The van der Waals surface area contributed by atoms with Crippen LogP contribution < -0.4 is 11.3 Å². The number of ether oxygens (including phenoxy) is 1. The molecule has 1 unspecified atom stereocenters. The lowest BCUT2D eigenvalue weighted by molar-refractivity contribution is 0.140. The molecule has 18 heavy (non-hydrogen) atoms. The van der Waals surface area contributed by atoms with E-state index in [1.165, 1.54) is 6.07 Å². The van der Waals surface area contributed by atoms with E-state index < -0.39 is 11.6 Å². The van der Waals surface area contributed by atoms with Crippen molar-refractivity contribution in [3.63, 3.8) is 0 Å². The molecule has 3 nitrogen and oxygen atoms in total. The lowest BCUT2D eigenvalue weighted by atomic mass is 10.0. The molecule has 1 aromatic carbocycles. The molecule has 0 aromatic heterocycles. The van der Waals surface area contributed by atoms with Crippen LogP contribution in [0.4, 0.5) is 8.78 Å². The van der Waals surface area contributed by atoms with Crippen LogP contribution in [0.3, 0.4) is 0 Å². The van der Waals surface area contributed by atoms with E-state index in [4.69, 9.17) is 10.6 Å². The van der Waals surface area contributed by atoms with Gasteiger partial charge in [-0.25, -0.2) is 8.78 Å². The Balaban J connectivity index is 2.48. The van der Waals surface area contributed by atoms with Crippen molar-refractivity contribution in [2.24, 2.45) is 5.84 Å². The second-order valence-electron chi connectivity index (χ2n) is 4.14. The van der Waals surface area contributed by atoms with Gasteiger partial charge in [0, 0.05) is 19.3 Å². The first-order valence-corrected chi connectivity index (χ1v) is 6.15. The Kier molecular flexibility index (Phi) is 6.78. The SMILES string of the molecule is CCOCCCC(Cc1cc(F)ccc1F)NN. The van der Waals surface area contributed by atoms with Gasteiger partial charge in [-0.1, -0.05) is 0 Å². The zero-order chi connectivity index (χ0) is 13.4. The summed E-state index contributed by atoms with van der Waals surface area (Å²) in [5.41, 5.74) is 2.97. The molecule has 5 heteroatoms. The van der Waals surface area contributed by atoms with Crippen LogP contribution in [0.25, 0.3) is 0 Å². The van der Waals surface area contributed by atoms with Gasteiger partial charge in [0.25, 0.3) is 0 Å². The fourth-order valence-corrected chi connectivity index (χ4v) is 1.79. The van der Waals surface area contributed by atoms with Crippen LogP contribution in [0.15, 0.2) is 18.2 Å². The number of halogens is 2. The first-order valence-electron chi connectivity index (χ1n) is 6.15. The van der Waals surface area contributed by atoms with Crippen LogP contribution >= 0.6 is 0 Å². The minimum absolute atomic E-state index is 0.0817. The predicted octanol–water partition coefficient (Wildman–Crippen LogP) is 2.16. The highest BCUT2D eigenvalue weighted by atomic mass is 19.1. The van der Waals surface area contributed by atoms with Gasteiger partial charge in [0.1, 0.15) is 11.6 Å². The van der Waals surface area contributed by atoms with E-state index in [0.717, 1.165) is 25.0 Å². The average Bonchev–Trinajstić information content (AvgIpc) is 2.37. The summed E-state index contributed by atoms with van der Waals surface area (Å²) in [5, 5.41) is 0. The number of hydrazine groups is 1. The van der Waals surface area contributed by atoms with Gasteiger partial charge < -0.3 is 4.74 Å². The number of hydrogen-bond acceptors (Lipinski definition) is 3. The van der Waals surface area contributed by atoms with Gasteiger partial charge >= 0.3 is 0 Å². The molecule has 0 saturated heterocycles. The van der Waals surface area contributed by atoms with Crippen LogP contribution in [-0.4, -0.2) is 19.3 Å². The summed E-state index contributed by atoms with van der Waals surface area (Å²) in [5.74, 6) is 4.58. The van der Waals surface area contributed by atoms with E-state index >= 15 is 0 Å². The summed E-state index contributed by atoms with van der Waals surface area (Å²) in [6, 6.07) is 3.38. The van der Waals surface area contributed by atoms with Crippen molar-refractivity contribution in [2.75, 3.05) is 13.2 Å². The minimum Gasteiger partial charge on any atom is -0.382 e. The monoisotopic (exact) mass is 258 g/mol. The number of hydrogen-bond donors (Lipinski definition) is 2. The molecule has 0 radical (unpaired) electrons. The molecule has 0 amide bonds. The molecule has 0 heterocycles. The molecule has 0 bridgehead atoms. The van der Waals surface area contributed by atoms with E-state index in [1.54, 1.807) is 0 Å². The van der Waals surface area contributed by atoms with Crippen molar-refractivity contribution < 1.29 is 13.5 Å². The van der Waals surface area contributed by atoms with Crippen LogP contribution in [0.1, 0.15) is 25.3 Å². The zero-order valence-electron chi connectivity index (χ0n) is 10.6. The van der Waals surface area contributed by atoms with Crippen molar-refractivity contribution in [3.8, 4) is 0 Å². The molecule has 1 aromatic rings. The summed E-state index contributed by atoms with van der Waals surface area (Å²) < 4.78 is 31.7. The molecule has 0 aliphatic heterocycles. The van der Waals surface area contributed by atoms with Crippen LogP contribution in [0.2, 0.25) is 0 Å². The van der Waals surface area contributed by atoms with Crippen molar-refractivity contribution in [3.05, 3.63) is 35.4 Å². The number of rotatable bonds is 8. The molecule has 1 atom stereocenters. The maximum absolute atomic E-state index is 13.4. The van der Waals surface area contributed by atoms with Gasteiger partial charge in [-0.3, -0.25) is 11.3 Å². The largest absolute Gasteiger partial charge is 0.382 e. The summed E-state index contributed by atoms with van der Waals surface area (Å²) in [6.45, 7) is 3.26. The van der Waals surface area contributed by atoms with E-state index in [0.29, 0.717) is 25.2 Å². The normalized spacial score (nSPS) is 12.7. The summed E-state index contributed by atoms with van der Waals surface area (Å²) in [7, 11) is 0. The molecule has 0 fully saturated rings. The second kappa shape index (κ2) is 8.13. The molecular weight excluding hydrogens is 238 g/mol. The second-order valence-corrected chi connectivity index (χ2v) is 4.14. The van der Waals surface area contributed by atoms with Gasteiger partial charge in [-0.15, -0.1) is 0 Å². The van der Waals surface area contributed by atoms with E-state index in [-0.39, 0.29) is 6.04 Å². The zero-order valence-corrected chi connectivity index (χ0v) is 10.6. The quantitative estimate of drug-likeness (QED) is 0.427. The summed E-state index contributed by atoms with van der Waals surface area (Å²) in [4.78, 5) is 0. The Morgan fingerprint density at radius 3 is 2.83 bits per heavy atom. The molecule has 3 N–H and O–H groups in total. The van der Waals surface area contributed by atoms with E-state index in [2.05, 4.69) is 5.43 Å². The molecule has 1 rings (SSSR count). The highest BCUT2D eigenvalue weighted by Gasteiger charge is 2.11. The van der Waals surface area contributed by atoms with Gasteiger partial charge in [0.15, 0.2) is 0 Å². The van der Waals surface area contributed by atoms with Crippen molar-refractivity contribution in [1.29, 1.82) is 0 Å². The standard InChI is InChI=1S/C13H20F2N2O/c1-2-18-7-3-4-12(17-16)9-10-8-11(14)5-6-13(10)15/h5-6,8,12,17H,2-4,7,9,16H2,1H3. The first-order chi connectivity index (χ1) is 8.67. The van der Waals surface area contributed by atoms with E-state index in [9.17, 15) is 8.78 Å². The first kappa shape index (κ1) is 15.0. The van der Waals surface area contributed by atoms with Crippen LogP contribution in [0.5, 0.6) is 0 Å². The Labute approximate surface area is 106 Å². The number of nitrogens with two attached hydrogens (primary N) is 1. The highest BCUT2D eigenvalue weighted by Crippen LogP contribution is 2.13. The topological polar surface area (TPSA) is 47.3 Å². The van der Waals surface area contributed by atoms with Crippen molar-refractivity contribution in [2.45, 2.75) is 32.2 Å². The smallest absolute Gasteiger partial charge is 0.126 e. The molecule has 102 valence electrons. The molecule has 0 aliphatic rings. The number of benzene rings is 1. The van der Waals surface area contributed by atoms with E-state index in [1.807, 2.05) is 6.92 Å². The van der Waals surface area contributed by atoms with Gasteiger partial charge in [-0.2, -0.15) is 0 Å².